The Kier molecular flexibility index (Phi) is 5.84. The Balaban J connectivity index is 1.51. The van der Waals surface area contributed by atoms with Crippen LogP contribution in [0.3, 0.4) is 0 Å². The van der Waals surface area contributed by atoms with Gasteiger partial charge in [-0.15, -0.1) is 0 Å². The van der Waals surface area contributed by atoms with E-state index in [0.717, 1.165) is 6.20 Å². The van der Waals surface area contributed by atoms with Crippen molar-refractivity contribution in [2.75, 3.05) is 16.0 Å². The number of nitrogens with zero attached hydrogens (tertiary/aromatic N) is 2. The Bertz CT molecular complexity index is 1270. The summed E-state index contributed by atoms with van der Waals surface area (Å²) in [6, 6.07) is 10.4. The minimum absolute atomic E-state index is 0.0178. The van der Waals surface area contributed by atoms with Crippen LogP contribution in [0, 0.1) is 5.82 Å². The maximum Gasteiger partial charge on any atom is 0.482 e. The first-order valence-corrected chi connectivity index (χ1v) is 9.76. The number of halogens is 3. The summed E-state index contributed by atoms with van der Waals surface area (Å²) < 4.78 is 50.9. The molecule has 0 radical (unpaired) electrons. The van der Waals surface area contributed by atoms with Crippen molar-refractivity contribution in [3.63, 3.8) is 0 Å². The standard InChI is InChI=1S/C21H17F3N6O4/c1-10(17(25)31)33-13-4-2-3-11(7-13)28-20-26-9-14(22)18(30-20)27-12-5-6-16-15(8-12)29-19(32)21(23,24)34-16/h2-10H,1H3,(H2,25,31)(H,29,32)(H2,26,27,28,30). The van der Waals surface area contributed by atoms with E-state index < -0.39 is 29.8 Å². The number of primary amides is 1. The molecule has 0 fully saturated rings. The zero-order valence-corrected chi connectivity index (χ0v) is 17.4. The van der Waals surface area contributed by atoms with Crippen molar-refractivity contribution in [2.45, 2.75) is 19.1 Å². The Morgan fingerprint density at radius 3 is 2.74 bits per heavy atom. The van der Waals surface area contributed by atoms with Crippen molar-refractivity contribution in [1.82, 2.24) is 9.97 Å². The van der Waals surface area contributed by atoms with Crippen LogP contribution in [0.5, 0.6) is 11.5 Å². The lowest BCUT2D eigenvalue weighted by Gasteiger charge is -2.25. The largest absolute Gasteiger partial charge is 0.482 e. The Labute approximate surface area is 190 Å². The summed E-state index contributed by atoms with van der Waals surface area (Å²) in [7, 11) is 0. The Hall–Kier alpha value is -4.55. The van der Waals surface area contributed by atoms with Gasteiger partial charge in [-0.05, 0) is 37.3 Å². The summed E-state index contributed by atoms with van der Waals surface area (Å²) in [5, 5.41) is 7.60. The maximum absolute atomic E-state index is 14.3. The van der Waals surface area contributed by atoms with Gasteiger partial charge in [-0.25, -0.2) is 9.37 Å². The van der Waals surface area contributed by atoms with Gasteiger partial charge in [0.1, 0.15) is 5.75 Å². The summed E-state index contributed by atoms with van der Waals surface area (Å²) in [4.78, 5) is 30.5. The summed E-state index contributed by atoms with van der Waals surface area (Å²) >= 11 is 0. The number of alkyl halides is 2. The lowest BCUT2D eigenvalue weighted by molar-refractivity contribution is -0.189. The number of amides is 2. The molecule has 2 amide bonds. The van der Waals surface area contributed by atoms with E-state index >= 15 is 0 Å². The normalized spacial score (nSPS) is 14.8. The molecule has 2 heterocycles. The van der Waals surface area contributed by atoms with Crippen LogP contribution in [0.25, 0.3) is 0 Å². The molecule has 10 nitrogen and oxygen atoms in total. The summed E-state index contributed by atoms with van der Waals surface area (Å²) in [6.45, 7) is 1.51. The molecular formula is C21H17F3N6O4. The molecular weight excluding hydrogens is 457 g/mol. The highest BCUT2D eigenvalue weighted by Gasteiger charge is 2.46. The van der Waals surface area contributed by atoms with Crippen LogP contribution in [0.4, 0.5) is 42.0 Å². The number of hydrogen-bond acceptors (Lipinski definition) is 8. The lowest BCUT2D eigenvalue weighted by Crippen LogP contribution is -2.43. The molecule has 1 aromatic heterocycles. The molecule has 1 aliphatic rings. The van der Waals surface area contributed by atoms with Crippen molar-refractivity contribution in [3.8, 4) is 11.5 Å². The molecule has 1 aliphatic heterocycles. The highest BCUT2D eigenvalue weighted by Crippen LogP contribution is 2.37. The number of nitrogens with one attached hydrogen (secondary N) is 3. The zero-order chi connectivity index (χ0) is 24.5. The number of carbonyl (C=O) groups is 2. The number of benzene rings is 2. The topological polar surface area (TPSA) is 140 Å². The van der Waals surface area contributed by atoms with Crippen LogP contribution in [0.2, 0.25) is 0 Å². The van der Waals surface area contributed by atoms with Gasteiger partial charge in [0, 0.05) is 17.4 Å². The molecule has 4 rings (SSSR count). The van der Waals surface area contributed by atoms with E-state index in [1.807, 2.05) is 5.32 Å². The first-order chi connectivity index (χ1) is 16.1. The number of carbonyl (C=O) groups excluding carboxylic acids is 2. The van der Waals surface area contributed by atoms with Gasteiger partial charge < -0.3 is 31.2 Å². The molecule has 1 atom stereocenters. The average molecular weight is 474 g/mol. The number of aromatic nitrogens is 2. The number of ether oxygens (including phenoxy) is 2. The molecule has 3 aromatic rings. The fourth-order valence-electron chi connectivity index (χ4n) is 2.86. The van der Waals surface area contributed by atoms with Gasteiger partial charge in [0.2, 0.25) is 5.95 Å². The van der Waals surface area contributed by atoms with E-state index in [2.05, 4.69) is 25.3 Å². The van der Waals surface area contributed by atoms with Crippen LogP contribution in [0.15, 0.2) is 48.7 Å². The molecule has 1 unspecified atom stereocenters. The van der Waals surface area contributed by atoms with Crippen molar-refractivity contribution < 1.29 is 32.2 Å². The predicted octanol–water partition coefficient (Wildman–Crippen LogP) is 3.28. The van der Waals surface area contributed by atoms with Crippen LogP contribution in [-0.4, -0.2) is 34.0 Å². The molecule has 0 aliphatic carbocycles. The third-order valence-corrected chi connectivity index (χ3v) is 4.54. The molecule has 0 saturated carbocycles. The molecule has 0 bridgehead atoms. The fraction of sp³-hybridized carbons (Fsp3) is 0.143. The number of fused-ring (bicyclic) bond motifs is 1. The molecule has 13 heteroatoms. The van der Waals surface area contributed by atoms with E-state index in [9.17, 15) is 22.8 Å². The number of hydrogen-bond donors (Lipinski definition) is 4. The minimum atomic E-state index is -3.98. The highest BCUT2D eigenvalue weighted by molar-refractivity contribution is 5.99. The second-order valence-electron chi connectivity index (χ2n) is 7.11. The molecule has 0 spiro atoms. The molecule has 0 saturated heterocycles. The number of anilines is 5. The minimum Gasteiger partial charge on any atom is -0.481 e. The van der Waals surface area contributed by atoms with Crippen LogP contribution < -0.4 is 31.2 Å². The first kappa shape index (κ1) is 22.6. The van der Waals surface area contributed by atoms with E-state index in [1.165, 1.54) is 25.1 Å². The number of nitrogens with two attached hydrogens (primary N) is 1. The molecule has 2 aromatic carbocycles. The Morgan fingerprint density at radius 2 is 1.97 bits per heavy atom. The lowest BCUT2D eigenvalue weighted by atomic mass is 10.2. The van der Waals surface area contributed by atoms with Gasteiger partial charge in [0.15, 0.2) is 23.5 Å². The monoisotopic (exact) mass is 474 g/mol. The third-order valence-electron chi connectivity index (χ3n) is 4.54. The molecule has 176 valence electrons. The highest BCUT2D eigenvalue weighted by atomic mass is 19.3. The van der Waals surface area contributed by atoms with Gasteiger partial charge >= 0.3 is 12.0 Å². The van der Waals surface area contributed by atoms with Crippen molar-refractivity contribution in [2.24, 2.45) is 5.73 Å². The van der Waals surface area contributed by atoms with Crippen molar-refractivity contribution >= 4 is 40.6 Å². The summed E-state index contributed by atoms with van der Waals surface area (Å²) in [5.74, 6) is -3.11. The zero-order valence-electron chi connectivity index (χ0n) is 17.4. The van der Waals surface area contributed by atoms with Crippen LogP contribution in [0.1, 0.15) is 6.92 Å². The van der Waals surface area contributed by atoms with E-state index in [0.29, 0.717) is 11.4 Å². The van der Waals surface area contributed by atoms with Crippen LogP contribution in [-0.2, 0) is 9.59 Å². The SMILES string of the molecule is CC(Oc1cccc(Nc2ncc(F)c(Nc3ccc4c(c3)NC(=O)C(F)(F)O4)n2)c1)C(N)=O. The van der Waals surface area contributed by atoms with E-state index in [4.69, 9.17) is 10.5 Å². The Morgan fingerprint density at radius 1 is 1.21 bits per heavy atom. The van der Waals surface area contributed by atoms with Crippen molar-refractivity contribution in [3.05, 3.63) is 54.5 Å². The molecule has 5 N–H and O–H groups in total. The third kappa shape index (κ3) is 4.92. The summed E-state index contributed by atoms with van der Waals surface area (Å²) in [6.07, 6.45) is -3.90. The molecule has 34 heavy (non-hydrogen) atoms. The van der Waals surface area contributed by atoms with Crippen LogP contribution >= 0.6 is 0 Å². The average Bonchev–Trinajstić information content (AvgIpc) is 2.77. The first-order valence-electron chi connectivity index (χ1n) is 9.76. The second kappa shape index (κ2) is 8.77. The maximum atomic E-state index is 14.3. The van der Waals surface area contributed by atoms with Crippen molar-refractivity contribution in [1.29, 1.82) is 0 Å². The van der Waals surface area contributed by atoms with E-state index in [-0.39, 0.29) is 28.9 Å². The predicted molar refractivity (Wildman–Crippen MR) is 115 cm³/mol. The van der Waals surface area contributed by atoms with Gasteiger partial charge in [-0.3, -0.25) is 9.59 Å². The van der Waals surface area contributed by atoms with Gasteiger partial charge in [-0.1, -0.05) is 6.07 Å². The smallest absolute Gasteiger partial charge is 0.481 e. The second-order valence-corrected chi connectivity index (χ2v) is 7.11. The quantitative estimate of drug-likeness (QED) is 0.409. The summed E-state index contributed by atoms with van der Waals surface area (Å²) in [5.41, 5.74) is 5.91. The van der Waals surface area contributed by atoms with Gasteiger partial charge in [-0.2, -0.15) is 13.8 Å². The van der Waals surface area contributed by atoms with Gasteiger partial charge in [0.25, 0.3) is 5.91 Å². The fourth-order valence-corrected chi connectivity index (χ4v) is 2.86. The van der Waals surface area contributed by atoms with Gasteiger partial charge in [0.05, 0.1) is 11.9 Å². The van der Waals surface area contributed by atoms with E-state index in [1.54, 1.807) is 24.3 Å². The number of rotatable bonds is 7.